The lowest BCUT2D eigenvalue weighted by Gasteiger charge is -2.35. The SMILES string of the molecule is CN(C)C1CCN(C(=O)c2cc3c(c4ccccc4n3C)n2C)CC1. The van der Waals surface area contributed by atoms with Crippen LogP contribution in [-0.2, 0) is 14.1 Å². The Morgan fingerprint density at radius 2 is 1.72 bits per heavy atom. The number of fused-ring (bicyclic) bond motifs is 3. The molecule has 3 heterocycles. The van der Waals surface area contributed by atoms with Crippen molar-refractivity contribution in [3.63, 3.8) is 0 Å². The molecule has 4 rings (SSSR count). The number of carbonyl (C=O) groups excluding carboxylic acids is 1. The third kappa shape index (κ3) is 2.45. The van der Waals surface area contributed by atoms with Crippen LogP contribution in [0, 0.1) is 0 Å². The van der Waals surface area contributed by atoms with E-state index >= 15 is 0 Å². The fourth-order valence-corrected chi connectivity index (χ4v) is 4.21. The second-order valence-electron chi connectivity index (χ2n) is 7.39. The highest BCUT2D eigenvalue weighted by atomic mass is 16.2. The molecule has 132 valence electrons. The standard InChI is InChI=1S/C20H26N4O/c1-21(2)14-9-11-24(12-10-14)20(25)18-13-17-19(23(18)4)15-7-5-6-8-16(15)22(17)3/h5-8,13-14H,9-12H2,1-4H3. The highest BCUT2D eigenvalue weighted by Gasteiger charge is 2.27. The van der Waals surface area contributed by atoms with E-state index in [2.05, 4.69) is 65.5 Å². The Labute approximate surface area is 148 Å². The van der Waals surface area contributed by atoms with E-state index in [1.165, 1.54) is 10.9 Å². The van der Waals surface area contributed by atoms with Gasteiger partial charge in [-0.2, -0.15) is 0 Å². The van der Waals surface area contributed by atoms with Gasteiger partial charge in [-0.05, 0) is 39.1 Å². The predicted octanol–water partition coefficient (Wildman–Crippen LogP) is 2.84. The van der Waals surface area contributed by atoms with Crippen molar-refractivity contribution in [2.75, 3.05) is 27.2 Å². The zero-order valence-corrected chi connectivity index (χ0v) is 15.5. The number of aromatic nitrogens is 2. The Kier molecular flexibility index (Phi) is 3.84. The second kappa shape index (κ2) is 5.92. The van der Waals surface area contributed by atoms with Gasteiger partial charge in [0.15, 0.2) is 0 Å². The van der Waals surface area contributed by atoms with Crippen molar-refractivity contribution >= 4 is 27.8 Å². The molecule has 1 saturated heterocycles. The van der Waals surface area contributed by atoms with Crippen LogP contribution >= 0.6 is 0 Å². The summed E-state index contributed by atoms with van der Waals surface area (Å²) in [5.41, 5.74) is 4.25. The Bertz CT molecular complexity index is 942. The van der Waals surface area contributed by atoms with Crippen molar-refractivity contribution in [3.05, 3.63) is 36.0 Å². The molecule has 0 radical (unpaired) electrons. The topological polar surface area (TPSA) is 33.4 Å². The highest BCUT2D eigenvalue weighted by Crippen LogP contribution is 2.31. The summed E-state index contributed by atoms with van der Waals surface area (Å²) < 4.78 is 4.25. The van der Waals surface area contributed by atoms with Gasteiger partial charge in [0, 0.05) is 38.6 Å². The minimum absolute atomic E-state index is 0.153. The summed E-state index contributed by atoms with van der Waals surface area (Å²) in [4.78, 5) is 17.4. The predicted molar refractivity (Wildman–Crippen MR) is 102 cm³/mol. The number of hydrogen-bond donors (Lipinski definition) is 0. The minimum Gasteiger partial charge on any atom is -0.342 e. The first-order chi connectivity index (χ1) is 12.0. The van der Waals surface area contributed by atoms with Crippen molar-refractivity contribution in [1.29, 1.82) is 0 Å². The summed E-state index contributed by atoms with van der Waals surface area (Å²) in [7, 11) is 8.32. The Morgan fingerprint density at radius 1 is 1.04 bits per heavy atom. The minimum atomic E-state index is 0.153. The van der Waals surface area contributed by atoms with Gasteiger partial charge in [-0.15, -0.1) is 0 Å². The van der Waals surface area contributed by atoms with E-state index in [1.54, 1.807) is 0 Å². The van der Waals surface area contributed by atoms with Crippen molar-refractivity contribution in [1.82, 2.24) is 18.9 Å². The zero-order chi connectivity index (χ0) is 17.7. The number of likely N-dealkylation sites (tertiary alicyclic amines) is 1. The first kappa shape index (κ1) is 16.2. The average molecular weight is 338 g/mol. The number of benzene rings is 1. The number of aryl methyl sites for hydroxylation is 2. The van der Waals surface area contributed by atoms with Gasteiger partial charge < -0.3 is 18.9 Å². The summed E-state index contributed by atoms with van der Waals surface area (Å²) in [5, 5.41) is 1.20. The van der Waals surface area contributed by atoms with E-state index in [9.17, 15) is 4.79 Å². The maximum atomic E-state index is 13.1. The van der Waals surface area contributed by atoms with E-state index in [-0.39, 0.29) is 5.91 Å². The summed E-state index contributed by atoms with van der Waals surface area (Å²) in [6.45, 7) is 1.67. The van der Waals surface area contributed by atoms with Gasteiger partial charge in [-0.1, -0.05) is 18.2 Å². The molecule has 0 bridgehead atoms. The Hall–Kier alpha value is -2.27. The molecular weight excluding hydrogens is 312 g/mol. The third-order valence-electron chi connectivity index (χ3n) is 5.80. The zero-order valence-electron chi connectivity index (χ0n) is 15.5. The van der Waals surface area contributed by atoms with Gasteiger partial charge in [0.05, 0.1) is 16.6 Å². The lowest BCUT2D eigenvalue weighted by Crippen LogP contribution is -2.44. The molecule has 1 aliphatic rings. The molecule has 0 N–H and O–H groups in total. The summed E-state index contributed by atoms with van der Waals surface area (Å²) in [6.07, 6.45) is 2.09. The molecule has 25 heavy (non-hydrogen) atoms. The lowest BCUT2D eigenvalue weighted by molar-refractivity contribution is 0.0654. The number of para-hydroxylation sites is 1. The molecular formula is C20H26N4O. The monoisotopic (exact) mass is 338 g/mol. The van der Waals surface area contributed by atoms with Gasteiger partial charge in [0.1, 0.15) is 5.69 Å². The van der Waals surface area contributed by atoms with Crippen LogP contribution in [-0.4, -0.2) is 58.1 Å². The van der Waals surface area contributed by atoms with E-state index < -0.39 is 0 Å². The number of rotatable bonds is 2. The maximum Gasteiger partial charge on any atom is 0.270 e. The van der Waals surface area contributed by atoms with Crippen LogP contribution in [0.1, 0.15) is 23.3 Å². The van der Waals surface area contributed by atoms with Crippen LogP contribution in [0.2, 0.25) is 0 Å². The van der Waals surface area contributed by atoms with Crippen molar-refractivity contribution in [2.45, 2.75) is 18.9 Å². The number of amides is 1. The Morgan fingerprint density at radius 3 is 2.40 bits per heavy atom. The molecule has 1 aliphatic heterocycles. The number of piperidine rings is 1. The molecule has 2 aromatic heterocycles. The molecule has 1 fully saturated rings. The van der Waals surface area contributed by atoms with Gasteiger partial charge in [-0.3, -0.25) is 4.79 Å². The normalized spacial score (nSPS) is 16.4. The molecule has 0 atom stereocenters. The van der Waals surface area contributed by atoms with E-state index in [4.69, 9.17) is 0 Å². The third-order valence-corrected chi connectivity index (χ3v) is 5.80. The molecule has 5 heteroatoms. The summed E-state index contributed by atoms with van der Waals surface area (Å²) in [6, 6.07) is 11.0. The summed E-state index contributed by atoms with van der Waals surface area (Å²) >= 11 is 0. The summed E-state index contributed by atoms with van der Waals surface area (Å²) in [5.74, 6) is 0.153. The lowest BCUT2D eigenvalue weighted by atomic mass is 10.0. The average Bonchev–Trinajstić information content (AvgIpc) is 3.11. The number of hydrogen-bond acceptors (Lipinski definition) is 2. The first-order valence-corrected chi connectivity index (χ1v) is 8.97. The van der Waals surface area contributed by atoms with Crippen LogP contribution in [0.25, 0.3) is 21.9 Å². The molecule has 5 nitrogen and oxygen atoms in total. The maximum absolute atomic E-state index is 13.1. The first-order valence-electron chi connectivity index (χ1n) is 8.97. The molecule has 1 aromatic carbocycles. The highest BCUT2D eigenvalue weighted by molar-refractivity contribution is 6.10. The molecule has 0 unspecified atom stereocenters. The van der Waals surface area contributed by atoms with Crippen LogP contribution in [0.5, 0.6) is 0 Å². The fraction of sp³-hybridized carbons (Fsp3) is 0.450. The van der Waals surface area contributed by atoms with E-state index in [1.807, 2.05) is 11.9 Å². The van der Waals surface area contributed by atoms with E-state index in [0.29, 0.717) is 6.04 Å². The van der Waals surface area contributed by atoms with Crippen LogP contribution in [0.3, 0.4) is 0 Å². The molecule has 0 aliphatic carbocycles. The molecule has 0 spiro atoms. The van der Waals surface area contributed by atoms with Gasteiger partial charge >= 0.3 is 0 Å². The van der Waals surface area contributed by atoms with Gasteiger partial charge in [-0.25, -0.2) is 0 Å². The van der Waals surface area contributed by atoms with Gasteiger partial charge in [0.2, 0.25) is 0 Å². The second-order valence-corrected chi connectivity index (χ2v) is 7.39. The van der Waals surface area contributed by atoms with Crippen molar-refractivity contribution < 1.29 is 4.79 Å². The van der Waals surface area contributed by atoms with Crippen molar-refractivity contribution in [2.24, 2.45) is 14.1 Å². The van der Waals surface area contributed by atoms with Gasteiger partial charge in [0.25, 0.3) is 5.91 Å². The van der Waals surface area contributed by atoms with Crippen LogP contribution < -0.4 is 0 Å². The molecule has 3 aromatic rings. The van der Waals surface area contributed by atoms with Crippen LogP contribution in [0.15, 0.2) is 30.3 Å². The fourth-order valence-electron chi connectivity index (χ4n) is 4.21. The van der Waals surface area contributed by atoms with Crippen molar-refractivity contribution in [3.8, 4) is 0 Å². The van der Waals surface area contributed by atoms with Crippen LogP contribution in [0.4, 0.5) is 0 Å². The molecule has 1 amide bonds. The quantitative estimate of drug-likeness (QED) is 0.720. The number of nitrogens with zero attached hydrogens (tertiary/aromatic N) is 4. The largest absolute Gasteiger partial charge is 0.342 e. The molecule has 0 saturated carbocycles. The Balaban J connectivity index is 1.69. The number of carbonyl (C=O) groups is 1. The smallest absolute Gasteiger partial charge is 0.270 e. The van der Waals surface area contributed by atoms with E-state index in [0.717, 1.165) is 42.7 Å².